The van der Waals surface area contributed by atoms with Gasteiger partial charge in [-0.1, -0.05) is 0 Å². The van der Waals surface area contributed by atoms with E-state index in [1.807, 2.05) is 0 Å². The average Bonchev–Trinajstić information content (AvgIpc) is 2.95. The van der Waals surface area contributed by atoms with Gasteiger partial charge in [0.1, 0.15) is 0 Å². The molecule has 1 aliphatic heterocycles. The molecule has 0 bridgehead atoms. The number of carbonyl (C=O) groups is 1. The molecule has 1 heterocycles. The lowest BCUT2D eigenvalue weighted by atomic mass is 9.81. The van der Waals surface area contributed by atoms with Gasteiger partial charge in [-0.2, -0.15) is 13.2 Å². The van der Waals surface area contributed by atoms with Crippen molar-refractivity contribution in [3.8, 4) is 0 Å². The number of rotatable bonds is 5. The SMILES string of the molecule is O=C(CCC1CCNC1)NCC1CCC(C(F)(F)F)CC1. The third-order valence-corrected chi connectivity index (χ3v) is 4.84. The Kier molecular flexibility index (Phi) is 5.90. The van der Waals surface area contributed by atoms with Crippen molar-refractivity contribution in [1.29, 1.82) is 0 Å². The number of nitrogens with one attached hydrogen (secondary N) is 2. The molecule has 1 unspecified atom stereocenters. The Labute approximate surface area is 124 Å². The Hall–Kier alpha value is -0.780. The minimum atomic E-state index is -4.05. The monoisotopic (exact) mass is 306 g/mol. The van der Waals surface area contributed by atoms with Crippen LogP contribution in [0.5, 0.6) is 0 Å². The Morgan fingerprint density at radius 1 is 1.10 bits per heavy atom. The molecule has 6 heteroatoms. The normalized spacial score (nSPS) is 30.3. The molecule has 1 saturated carbocycles. The van der Waals surface area contributed by atoms with E-state index in [1.165, 1.54) is 0 Å². The first-order chi connectivity index (χ1) is 9.95. The van der Waals surface area contributed by atoms with Gasteiger partial charge in [-0.15, -0.1) is 0 Å². The summed E-state index contributed by atoms with van der Waals surface area (Å²) in [5, 5.41) is 6.16. The Morgan fingerprint density at radius 3 is 2.38 bits per heavy atom. The maximum Gasteiger partial charge on any atom is 0.391 e. The van der Waals surface area contributed by atoms with Crippen LogP contribution in [0, 0.1) is 17.8 Å². The number of alkyl halides is 3. The zero-order valence-electron chi connectivity index (χ0n) is 12.3. The van der Waals surface area contributed by atoms with Gasteiger partial charge in [0, 0.05) is 13.0 Å². The number of hydrogen-bond acceptors (Lipinski definition) is 2. The molecule has 0 radical (unpaired) electrons. The van der Waals surface area contributed by atoms with Crippen LogP contribution in [0.2, 0.25) is 0 Å². The minimum absolute atomic E-state index is 0.0415. The molecule has 0 spiro atoms. The second-order valence-electron chi connectivity index (χ2n) is 6.46. The molecule has 3 nitrogen and oxygen atoms in total. The molecule has 122 valence electrons. The smallest absolute Gasteiger partial charge is 0.356 e. The summed E-state index contributed by atoms with van der Waals surface area (Å²) >= 11 is 0. The third kappa shape index (κ3) is 5.49. The van der Waals surface area contributed by atoms with Gasteiger partial charge in [-0.25, -0.2) is 0 Å². The molecule has 1 saturated heterocycles. The van der Waals surface area contributed by atoms with E-state index in [0.717, 1.165) is 25.9 Å². The highest BCUT2D eigenvalue weighted by Gasteiger charge is 2.41. The second kappa shape index (κ2) is 7.47. The number of amides is 1. The Bertz CT molecular complexity index is 332. The summed E-state index contributed by atoms with van der Waals surface area (Å²) in [6.45, 7) is 2.57. The van der Waals surface area contributed by atoms with E-state index >= 15 is 0 Å². The van der Waals surface area contributed by atoms with Gasteiger partial charge in [0.25, 0.3) is 0 Å². The van der Waals surface area contributed by atoms with E-state index in [2.05, 4.69) is 10.6 Å². The standard InChI is InChI=1S/C15H25F3N2O/c16-15(17,18)13-4-1-11(2-5-13)10-20-14(21)6-3-12-7-8-19-9-12/h11-13,19H,1-10H2,(H,20,21). The van der Waals surface area contributed by atoms with Crippen LogP contribution in [-0.2, 0) is 4.79 Å². The zero-order valence-corrected chi connectivity index (χ0v) is 12.3. The van der Waals surface area contributed by atoms with Crippen LogP contribution < -0.4 is 10.6 Å². The lowest BCUT2D eigenvalue weighted by Crippen LogP contribution is -2.34. The highest BCUT2D eigenvalue weighted by atomic mass is 19.4. The molecule has 2 rings (SSSR count). The summed E-state index contributed by atoms with van der Waals surface area (Å²) < 4.78 is 37.7. The summed E-state index contributed by atoms with van der Waals surface area (Å²) in [5.74, 6) is -0.294. The van der Waals surface area contributed by atoms with Crippen molar-refractivity contribution in [1.82, 2.24) is 10.6 Å². The van der Waals surface area contributed by atoms with E-state index < -0.39 is 12.1 Å². The number of carbonyl (C=O) groups excluding carboxylic acids is 1. The highest BCUT2D eigenvalue weighted by Crippen LogP contribution is 2.39. The van der Waals surface area contributed by atoms with Gasteiger partial charge in [0.15, 0.2) is 0 Å². The van der Waals surface area contributed by atoms with Crippen LogP contribution in [-0.4, -0.2) is 31.7 Å². The van der Waals surface area contributed by atoms with Crippen LogP contribution in [0.15, 0.2) is 0 Å². The molecule has 0 aromatic rings. The zero-order chi connectivity index (χ0) is 15.3. The van der Waals surface area contributed by atoms with Crippen LogP contribution in [0.1, 0.15) is 44.9 Å². The molecule has 1 amide bonds. The highest BCUT2D eigenvalue weighted by molar-refractivity contribution is 5.75. The summed E-state index contributed by atoms with van der Waals surface area (Å²) in [6, 6.07) is 0. The molecule has 2 fully saturated rings. The minimum Gasteiger partial charge on any atom is -0.356 e. The third-order valence-electron chi connectivity index (χ3n) is 4.84. The van der Waals surface area contributed by atoms with Crippen molar-refractivity contribution < 1.29 is 18.0 Å². The average molecular weight is 306 g/mol. The van der Waals surface area contributed by atoms with E-state index in [0.29, 0.717) is 31.7 Å². The van der Waals surface area contributed by atoms with Gasteiger partial charge < -0.3 is 10.6 Å². The summed E-state index contributed by atoms with van der Waals surface area (Å²) in [6.07, 6.45) is 0.0612. The van der Waals surface area contributed by atoms with Crippen molar-refractivity contribution in [2.75, 3.05) is 19.6 Å². The van der Waals surface area contributed by atoms with Crippen molar-refractivity contribution in [3.63, 3.8) is 0 Å². The molecule has 1 aliphatic carbocycles. The van der Waals surface area contributed by atoms with Crippen LogP contribution in [0.3, 0.4) is 0 Å². The topological polar surface area (TPSA) is 41.1 Å². The number of halogens is 3. The van der Waals surface area contributed by atoms with Gasteiger partial charge in [-0.05, 0) is 63.5 Å². The predicted molar refractivity (Wildman–Crippen MR) is 74.7 cm³/mol. The van der Waals surface area contributed by atoms with Crippen molar-refractivity contribution >= 4 is 5.91 Å². The fourth-order valence-corrected chi connectivity index (χ4v) is 3.34. The first kappa shape index (κ1) is 16.6. The van der Waals surface area contributed by atoms with Crippen molar-refractivity contribution in [3.05, 3.63) is 0 Å². The summed E-state index contributed by atoms with van der Waals surface area (Å²) in [7, 11) is 0. The number of hydrogen-bond donors (Lipinski definition) is 2. The quantitative estimate of drug-likeness (QED) is 0.820. The first-order valence-electron chi connectivity index (χ1n) is 7.99. The van der Waals surface area contributed by atoms with Crippen LogP contribution >= 0.6 is 0 Å². The van der Waals surface area contributed by atoms with Gasteiger partial charge in [0.05, 0.1) is 5.92 Å². The molecular weight excluding hydrogens is 281 g/mol. The molecule has 2 N–H and O–H groups in total. The predicted octanol–water partition coefficient (Wildman–Crippen LogP) is 2.86. The lowest BCUT2D eigenvalue weighted by Gasteiger charge is -2.29. The molecule has 2 aliphatic rings. The van der Waals surface area contributed by atoms with E-state index in [4.69, 9.17) is 0 Å². The fourth-order valence-electron chi connectivity index (χ4n) is 3.34. The summed E-state index contributed by atoms with van der Waals surface area (Å²) in [5.41, 5.74) is 0. The van der Waals surface area contributed by atoms with Crippen molar-refractivity contribution in [2.45, 2.75) is 51.1 Å². The maximum absolute atomic E-state index is 12.6. The van der Waals surface area contributed by atoms with Gasteiger partial charge in [-0.3, -0.25) is 4.79 Å². The second-order valence-corrected chi connectivity index (χ2v) is 6.46. The largest absolute Gasteiger partial charge is 0.391 e. The van der Waals surface area contributed by atoms with E-state index in [-0.39, 0.29) is 24.7 Å². The first-order valence-corrected chi connectivity index (χ1v) is 7.99. The summed E-state index contributed by atoms with van der Waals surface area (Å²) in [4.78, 5) is 11.8. The lowest BCUT2D eigenvalue weighted by molar-refractivity contribution is -0.183. The molecule has 1 atom stereocenters. The maximum atomic E-state index is 12.6. The van der Waals surface area contributed by atoms with Crippen LogP contribution in [0.25, 0.3) is 0 Å². The van der Waals surface area contributed by atoms with Gasteiger partial charge >= 0.3 is 6.18 Å². The van der Waals surface area contributed by atoms with Crippen LogP contribution in [0.4, 0.5) is 13.2 Å². The molecule has 0 aromatic carbocycles. The molecule has 21 heavy (non-hydrogen) atoms. The van der Waals surface area contributed by atoms with Crippen molar-refractivity contribution in [2.24, 2.45) is 17.8 Å². The Morgan fingerprint density at radius 2 is 1.81 bits per heavy atom. The van der Waals surface area contributed by atoms with Gasteiger partial charge in [0.2, 0.25) is 5.91 Å². The van der Waals surface area contributed by atoms with E-state index in [1.54, 1.807) is 0 Å². The molecule has 0 aromatic heterocycles. The van der Waals surface area contributed by atoms with E-state index in [9.17, 15) is 18.0 Å². The fraction of sp³-hybridized carbons (Fsp3) is 0.933. The Balaban J connectivity index is 1.57. The molecular formula is C15H25F3N2O.